The minimum absolute atomic E-state index is 0. The molecule has 5 nitrogen and oxygen atoms in total. The molecule has 8 heteroatoms. The number of aryl methyl sites for hydroxylation is 1. The Balaban J connectivity index is 0.00000243. The lowest BCUT2D eigenvalue weighted by molar-refractivity contribution is 0.0953. The number of carbonyl (C=O) groups is 2. The van der Waals surface area contributed by atoms with Gasteiger partial charge in [-0.05, 0) is 56.1 Å². The summed E-state index contributed by atoms with van der Waals surface area (Å²) in [5.74, 6) is -0.999. The van der Waals surface area contributed by atoms with Crippen molar-refractivity contribution in [2.24, 2.45) is 0 Å². The predicted octanol–water partition coefficient (Wildman–Crippen LogP) is 3.35. The average molecular weight is 398 g/mol. The van der Waals surface area contributed by atoms with Crippen molar-refractivity contribution in [2.75, 3.05) is 18.4 Å². The standard InChI is InChI=1S/C18H20FN3O2S.ClH/c1-11-8-15(22-17(23)12-4-2-5-13(19)9-12)25-16(11)18(24)21-10-14-6-3-7-20-14;/h2,4-5,8-9,14,20H,3,6-7,10H2,1H3,(H,21,24)(H,22,23);1H. The van der Waals surface area contributed by atoms with Gasteiger partial charge in [0.2, 0.25) is 0 Å². The molecule has 0 saturated carbocycles. The van der Waals surface area contributed by atoms with Crippen molar-refractivity contribution in [3.05, 3.63) is 52.2 Å². The van der Waals surface area contributed by atoms with E-state index in [2.05, 4.69) is 16.0 Å². The molecular weight excluding hydrogens is 377 g/mol. The van der Waals surface area contributed by atoms with E-state index in [9.17, 15) is 14.0 Å². The van der Waals surface area contributed by atoms with Crippen LogP contribution in [0.4, 0.5) is 9.39 Å². The van der Waals surface area contributed by atoms with Gasteiger partial charge in [0.25, 0.3) is 11.8 Å². The van der Waals surface area contributed by atoms with Gasteiger partial charge in [-0.15, -0.1) is 23.7 Å². The second-order valence-electron chi connectivity index (χ2n) is 6.09. The second-order valence-corrected chi connectivity index (χ2v) is 7.14. The van der Waals surface area contributed by atoms with Gasteiger partial charge in [0, 0.05) is 18.2 Å². The first-order valence-corrected chi connectivity index (χ1v) is 9.03. The van der Waals surface area contributed by atoms with Crippen LogP contribution in [0.15, 0.2) is 30.3 Å². The first-order valence-electron chi connectivity index (χ1n) is 8.22. The van der Waals surface area contributed by atoms with Gasteiger partial charge in [-0.2, -0.15) is 0 Å². The SMILES string of the molecule is Cc1cc(NC(=O)c2cccc(F)c2)sc1C(=O)NCC1CCCN1.Cl. The summed E-state index contributed by atoms with van der Waals surface area (Å²) in [4.78, 5) is 25.1. The van der Waals surface area contributed by atoms with Crippen LogP contribution in [0.25, 0.3) is 0 Å². The highest BCUT2D eigenvalue weighted by atomic mass is 35.5. The first-order chi connectivity index (χ1) is 12.0. The maximum atomic E-state index is 13.2. The lowest BCUT2D eigenvalue weighted by Crippen LogP contribution is -2.37. The Bertz CT molecular complexity index is 790. The van der Waals surface area contributed by atoms with Crippen molar-refractivity contribution in [1.29, 1.82) is 0 Å². The minimum atomic E-state index is -0.462. The molecule has 0 radical (unpaired) electrons. The first kappa shape index (κ1) is 20.4. The molecule has 3 N–H and O–H groups in total. The zero-order valence-electron chi connectivity index (χ0n) is 14.3. The van der Waals surface area contributed by atoms with Crippen molar-refractivity contribution >= 4 is 40.6 Å². The quantitative estimate of drug-likeness (QED) is 0.724. The fourth-order valence-corrected chi connectivity index (χ4v) is 3.79. The van der Waals surface area contributed by atoms with Gasteiger partial charge >= 0.3 is 0 Å². The predicted molar refractivity (Wildman–Crippen MR) is 104 cm³/mol. The fraction of sp³-hybridized carbons (Fsp3) is 0.333. The topological polar surface area (TPSA) is 70.2 Å². The van der Waals surface area contributed by atoms with Crippen LogP contribution in [0, 0.1) is 12.7 Å². The number of anilines is 1. The Morgan fingerprint density at radius 1 is 1.31 bits per heavy atom. The molecule has 140 valence electrons. The van der Waals surface area contributed by atoms with E-state index in [4.69, 9.17) is 0 Å². The molecule has 1 aliphatic rings. The Kier molecular flexibility index (Phi) is 7.14. The van der Waals surface area contributed by atoms with Crippen LogP contribution >= 0.6 is 23.7 Å². The van der Waals surface area contributed by atoms with E-state index in [1.165, 1.54) is 29.5 Å². The van der Waals surface area contributed by atoms with E-state index in [1.807, 2.05) is 6.92 Å². The summed E-state index contributed by atoms with van der Waals surface area (Å²) in [6.45, 7) is 3.42. The van der Waals surface area contributed by atoms with Crippen molar-refractivity contribution in [3.8, 4) is 0 Å². The summed E-state index contributed by atoms with van der Waals surface area (Å²) in [6, 6.07) is 7.58. The van der Waals surface area contributed by atoms with Crippen LogP contribution in [0.3, 0.4) is 0 Å². The summed E-state index contributed by atoms with van der Waals surface area (Å²) in [7, 11) is 0. The zero-order valence-corrected chi connectivity index (χ0v) is 15.9. The highest BCUT2D eigenvalue weighted by Gasteiger charge is 2.18. The van der Waals surface area contributed by atoms with Crippen LogP contribution in [-0.2, 0) is 0 Å². The molecule has 2 amide bonds. The molecule has 1 aromatic heterocycles. The molecule has 2 heterocycles. The van der Waals surface area contributed by atoms with E-state index < -0.39 is 11.7 Å². The van der Waals surface area contributed by atoms with Crippen molar-refractivity contribution in [2.45, 2.75) is 25.8 Å². The summed E-state index contributed by atoms with van der Waals surface area (Å²) in [6.07, 6.45) is 2.20. The summed E-state index contributed by atoms with van der Waals surface area (Å²) < 4.78 is 13.2. The Hall–Kier alpha value is -1.96. The van der Waals surface area contributed by atoms with Crippen LogP contribution in [0.2, 0.25) is 0 Å². The number of halogens is 2. The van der Waals surface area contributed by atoms with Gasteiger partial charge in [0.1, 0.15) is 5.82 Å². The molecule has 26 heavy (non-hydrogen) atoms. The molecule has 1 aliphatic heterocycles. The Morgan fingerprint density at radius 2 is 2.12 bits per heavy atom. The molecular formula is C18H21ClFN3O2S. The third kappa shape index (κ3) is 5.03. The van der Waals surface area contributed by atoms with E-state index >= 15 is 0 Å². The minimum Gasteiger partial charge on any atom is -0.350 e. The highest BCUT2D eigenvalue weighted by Crippen LogP contribution is 2.27. The number of benzene rings is 1. The number of thiophene rings is 1. The molecule has 0 spiro atoms. The fourth-order valence-electron chi connectivity index (χ4n) is 2.81. The largest absolute Gasteiger partial charge is 0.350 e. The monoisotopic (exact) mass is 397 g/mol. The lowest BCUT2D eigenvalue weighted by Gasteiger charge is -2.11. The number of carbonyl (C=O) groups excluding carboxylic acids is 2. The molecule has 1 unspecified atom stereocenters. The number of amides is 2. The van der Waals surface area contributed by atoms with Gasteiger partial charge in [0.15, 0.2) is 0 Å². The van der Waals surface area contributed by atoms with Gasteiger partial charge in [0.05, 0.1) is 9.88 Å². The maximum Gasteiger partial charge on any atom is 0.261 e. The molecule has 0 bridgehead atoms. The zero-order chi connectivity index (χ0) is 17.8. The number of nitrogens with one attached hydrogen (secondary N) is 3. The van der Waals surface area contributed by atoms with Crippen LogP contribution < -0.4 is 16.0 Å². The molecule has 1 atom stereocenters. The van der Waals surface area contributed by atoms with E-state index in [1.54, 1.807) is 12.1 Å². The van der Waals surface area contributed by atoms with Gasteiger partial charge < -0.3 is 16.0 Å². The molecule has 1 saturated heterocycles. The van der Waals surface area contributed by atoms with E-state index in [0.717, 1.165) is 24.9 Å². The third-order valence-corrected chi connectivity index (χ3v) is 5.27. The third-order valence-electron chi connectivity index (χ3n) is 4.12. The van der Waals surface area contributed by atoms with Crippen molar-refractivity contribution in [3.63, 3.8) is 0 Å². The van der Waals surface area contributed by atoms with E-state index in [-0.39, 0.29) is 23.9 Å². The van der Waals surface area contributed by atoms with Gasteiger partial charge in [-0.3, -0.25) is 9.59 Å². The van der Waals surface area contributed by atoms with Crippen LogP contribution in [-0.4, -0.2) is 30.9 Å². The van der Waals surface area contributed by atoms with E-state index in [0.29, 0.717) is 22.5 Å². The lowest BCUT2D eigenvalue weighted by atomic mass is 10.2. The Morgan fingerprint density at radius 3 is 2.81 bits per heavy atom. The summed E-state index contributed by atoms with van der Waals surface area (Å²) >= 11 is 1.22. The van der Waals surface area contributed by atoms with Gasteiger partial charge in [-0.25, -0.2) is 4.39 Å². The molecule has 0 aliphatic carbocycles. The molecule has 2 aromatic rings. The summed E-state index contributed by atoms with van der Waals surface area (Å²) in [5, 5.41) is 9.55. The highest BCUT2D eigenvalue weighted by molar-refractivity contribution is 7.18. The summed E-state index contributed by atoms with van der Waals surface area (Å²) in [5.41, 5.74) is 1.04. The molecule has 1 aromatic carbocycles. The normalized spacial score (nSPS) is 16.0. The molecule has 1 fully saturated rings. The van der Waals surface area contributed by atoms with Crippen LogP contribution in [0.1, 0.15) is 38.4 Å². The number of rotatable bonds is 5. The second kappa shape index (κ2) is 9.12. The van der Waals surface area contributed by atoms with Crippen molar-refractivity contribution < 1.29 is 14.0 Å². The Labute approximate surface area is 161 Å². The molecule has 3 rings (SSSR count). The van der Waals surface area contributed by atoms with Crippen LogP contribution in [0.5, 0.6) is 0 Å². The van der Waals surface area contributed by atoms with Crippen molar-refractivity contribution in [1.82, 2.24) is 10.6 Å². The average Bonchev–Trinajstić information content (AvgIpc) is 3.22. The maximum absolute atomic E-state index is 13.2. The number of hydrogen-bond acceptors (Lipinski definition) is 4. The number of hydrogen-bond donors (Lipinski definition) is 3. The smallest absolute Gasteiger partial charge is 0.261 e. The van der Waals surface area contributed by atoms with Gasteiger partial charge in [-0.1, -0.05) is 6.07 Å².